The van der Waals surface area contributed by atoms with E-state index in [1.165, 1.54) is 40.9 Å². The van der Waals surface area contributed by atoms with E-state index in [4.69, 9.17) is 0 Å². The van der Waals surface area contributed by atoms with E-state index in [-0.39, 0.29) is 16.9 Å². The monoisotopic (exact) mass is 409 g/mol. The number of aryl methyl sites for hydroxylation is 1. The number of halogens is 1. The number of anilines is 1. The number of hydrogen-bond acceptors (Lipinski definition) is 6. The highest BCUT2D eigenvalue weighted by molar-refractivity contribution is 7.92. The fourth-order valence-electron chi connectivity index (χ4n) is 2.47. The quantitative estimate of drug-likeness (QED) is 0.696. The van der Waals surface area contributed by atoms with Gasteiger partial charge in [-0.2, -0.15) is 0 Å². The third-order valence-corrected chi connectivity index (χ3v) is 6.95. The minimum absolute atomic E-state index is 0.0624. The van der Waals surface area contributed by atoms with Crippen molar-refractivity contribution in [3.05, 3.63) is 63.3 Å². The lowest BCUT2D eigenvalue weighted by molar-refractivity contribution is -0.115. The molecule has 2 heterocycles. The number of aromatic nitrogens is 2. The second kappa shape index (κ2) is 7.20. The van der Waals surface area contributed by atoms with Crippen molar-refractivity contribution in [2.45, 2.75) is 24.9 Å². The summed E-state index contributed by atoms with van der Waals surface area (Å²) in [7, 11) is -3.96. The van der Waals surface area contributed by atoms with Crippen LogP contribution in [0.25, 0.3) is 4.96 Å². The Morgan fingerprint density at radius 2 is 2.07 bits per heavy atom. The molecular formula is C17H16FN3O4S2. The van der Waals surface area contributed by atoms with E-state index < -0.39 is 32.6 Å². The van der Waals surface area contributed by atoms with Crippen LogP contribution in [0.4, 0.5) is 10.1 Å². The Kier molecular flexibility index (Phi) is 5.11. The first-order valence-electron chi connectivity index (χ1n) is 7.93. The summed E-state index contributed by atoms with van der Waals surface area (Å²) in [6, 6.07) is 6.61. The second-order valence-electron chi connectivity index (χ2n) is 6.00. The van der Waals surface area contributed by atoms with Crippen molar-refractivity contribution in [3.63, 3.8) is 0 Å². The molecule has 0 radical (unpaired) electrons. The van der Waals surface area contributed by atoms with Crippen LogP contribution in [0.15, 0.2) is 40.5 Å². The zero-order chi connectivity index (χ0) is 19.8. The minimum atomic E-state index is -3.96. The molecule has 3 aromatic rings. The maximum absolute atomic E-state index is 13.6. The van der Waals surface area contributed by atoms with Crippen molar-refractivity contribution in [2.24, 2.45) is 0 Å². The first kappa shape index (κ1) is 19.2. The molecule has 1 amide bonds. The van der Waals surface area contributed by atoms with E-state index >= 15 is 0 Å². The molecule has 0 aliphatic rings. The Morgan fingerprint density at radius 1 is 1.37 bits per heavy atom. The van der Waals surface area contributed by atoms with E-state index in [2.05, 4.69) is 10.3 Å². The molecule has 0 unspecified atom stereocenters. The van der Waals surface area contributed by atoms with Gasteiger partial charge in [0.25, 0.3) is 5.56 Å². The molecule has 1 N–H and O–H groups in total. The number of nitrogens with one attached hydrogen (secondary N) is 1. The molecule has 0 spiro atoms. The number of fused-ring (bicyclic) bond motifs is 1. The van der Waals surface area contributed by atoms with E-state index in [0.29, 0.717) is 10.7 Å². The predicted octanol–water partition coefficient (Wildman–Crippen LogP) is 2.15. The first-order chi connectivity index (χ1) is 12.7. The summed E-state index contributed by atoms with van der Waals surface area (Å²) in [4.78, 5) is 29.0. The van der Waals surface area contributed by atoms with E-state index in [9.17, 15) is 22.4 Å². The lowest BCUT2D eigenvalue weighted by Gasteiger charge is -2.13. The van der Waals surface area contributed by atoms with Crippen LogP contribution < -0.4 is 10.9 Å². The molecule has 1 aromatic carbocycles. The topological polar surface area (TPSA) is 97.6 Å². The molecule has 0 bridgehead atoms. The van der Waals surface area contributed by atoms with Gasteiger partial charge < -0.3 is 5.32 Å². The van der Waals surface area contributed by atoms with Crippen LogP contribution in [0.3, 0.4) is 0 Å². The maximum atomic E-state index is 13.6. The van der Waals surface area contributed by atoms with Gasteiger partial charge in [0.15, 0.2) is 14.8 Å². The molecule has 3 rings (SSSR count). The fraction of sp³-hybridized carbons (Fsp3) is 0.235. The van der Waals surface area contributed by atoms with Crippen molar-refractivity contribution < 1.29 is 17.6 Å². The molecule has 0 saturated heterocycles. The summed E-state index contributed by atoms with van der Waals surface area (Å²) in [6.07, 6.45) is 0. The fourth-order valence-corrected chi connectivity index (χ4v) is 4.55. The number of carbonyl (C=O) groups is 1. The molecule has 0 saturated carbocycles. The number of para-hydroxylation sites is 1. The third-order valence-electron chi connectivity index (χ3n) is 4.02. The third kappa shape index (κ3) is 3.91. The van der Waals surface area contributed by atoms with Crippen LogP contribution in [0.2, 0.25) is 0 Å². The summed E-state index contributed by atoms with van der Waals surface area (Å²) in [6.45, 7) is 2.96. The van der Waals surface area contributed by atoms with Gasteiger partial charge in [0.05, 0.1) is 17.1 Å². The number of carbonyl (C=O) groups excluding carboxylic acids is 1. The summed E-state index contributed by atoms with van der Waals surface area (Å²) < 4.78 is 40.2. The van der Waals surface area contributed by atoms with E-state index in [1.54, 1.807) is 12.3 Å². The van der Waals surface area contributed by atoms with Gasteiger partial charge in [0, 0.05) is 17.1 Å². The molecule has 1 atom stereocenters. The lowest BCUT2D eigenvalue weighted by atomic mass is 10.3. The van der Waals surface area contributed by atoms with Gasteiger partial charge in [-0.05, 0) is 26.0 Å². The van der Waals surface area contributed by atoms with Crippen LogP contribution in [0.1, 0.15) is 18.3 Å². The van der Waals surface area contributed by atoms with Crippen molar-refractivity contribution in [1.82, 2.24) is 9.38 Å². The molecule has 0 aliphatic carbocycles. The van der Waals surface area contributed by atoms with Gasteiger partial charge >= 0.3 is 0 Å². The lowest BCUT2D eigenvalue weighted by Crippen LogP contribution is -2.34. The number of nitrogens with zero attached hydrogens (tertiary/aromatic N) is 2. The maximum Gasteiger partial charge on any atom is 0.258 e. The average Bonchev–Trinajstić information content (AvgIpc) is 2.97. The number of sulfone groups is 1. The molecule has 0 fully saturated rings. The van der Waals surface area contributed by atoms with E-state index in [0.717, 1.165) is 12.1 Å². The zero-order valence-electron chi connectivity index (χ0n) is 14.5. The number of rotatable bonds is 5. The first-order valence-corrected chi connectivity index (χ1v) is 10.5. The average molecular weight is 409 g/mol. The Balaban J connectivity index is 1.82. The van der Waals surface area contributed by atoms with Gasteiger partial charge in [0.2, 0.25) is 5.91 Å². The van der Waals surface area contributed by atoms with Crippen molar-refractivity contribution in [3.8, 4) is 0 Å². The minimum Gasteiger partial charge on any atom is -0.322 e. The highest BCUT2D eigenvalue weighted by atomic mass is 32.2. The molecule has 142 valence electrons. The van der Waals surface area contributed by atoms with Gasteiger partial charge in [-0.25, -0.2) is 17.8 Å². The molecular weight excluding hydrogens is 393 g/mol. The molecule has 7 nitrogen and oxygen atoms in total. The summed E-state index contributed by atoms with van der Waals surface area (Å²) in [5.74, 6) is -2.09. The van der Waals surface area contributed by atoms with Gasteiger partial charge in [-0.3, -0.25) is 14.0 Å². The van der Waals surface area contributed by atoms with E-state index in [1.807, 2.05) is 0 Å². The predicted molar refractivity (Wildman–Crippen MR) is 101 cm³/mol. The van der Waals surface area contributed by atoms with Gasteiger partial charge in [-0.15, -0.1) is 11.3 Å². The van der Waals surface area contributed by atoms with Crippen LogP contribution in [0, 0.1) is 12.7 Å². The van der Waals surface area contributed by atoms with Crippen LogP contribution in [-0.2, 0) is 20.4 Å². The Hall–Kier alpha value is -2.59. The molecule has 10 heteroatoms. The molecule has 27 heavy (non-hydrogen) atoms. The molecule has 0 aliphatic heterocycles. The largest absolute Gasteiger partial charge is 0.322 e. The standard InChI is InChI=1S/C17H16FN3O4S2/c1-10-8-26-17-19-12(7-15(22)21(10)17)9-27(24,25)11(2)16(23)20-14-6-4-3-5-13(14)18/h3-8,11H,9H2,1-2H3,(H,20,23)/t11-/m0/s1. The summed E-state index contributed by atoms with van der Waals surface area (Å²) in [5, 5.41) is 2.57. The number of benzene rings is 1. The highest BCUT2D eigenvalue weighted by Gasteiger charge is 2.29. The van der Waals surface area contributed by atoms with Crippen LogP contribution >= 0.6 is 11.3 Å². The van der Waals surface area contributed by atoms with Crippen molar-refractivity contribution in [2.75, 3.05) is 5.32 Å². The SMILES string of the molecule is Cc1csc2nc(CS(=O)(=O)[C@@H](C)C(=O)Nc3ccccc3F)cc(=O)n12. The Bertz CT molecular complexity index is 1180. The molecule has 2 aromatic heterocycles. The summed E-state index contributed by atoms with van der Waals surface area (Å²) >= 11 is 1.22. The van der Waals surface area contributed by atoms with Gasteiger partial charge in [0.1, 0.15) is 11.1 Å². The van der Waals surface area contributed by atoms with Crippen molar-refractivity contribution in [1.29, 1.82) is 0 Å². The van der Waals surface area contributed by atoms with Crippen molar-refractivity contribution >= 4 is 37.7 Å². The second-order valence-corrected chi connectivity index (χ2v) is 9.16. The normalized spacial score (nSPS) is 12.9. The smallest absolute Gasteiger partial charge is 0.258 e. The number of thiazole rings is 1. The van der Waals surface area contributed by atoms with Crippen LogP contribution in [-0.4, -0.2) is 29.0 Å². The Morgan fingerprint density at radius 3 is 2.78 bits per heavy atom. The number of hydrogen-bond donors (Lipinski definition) is 1. The van der Waals surface area contributed by atoms with Crippen LogP contribution in [0.5, 0.6) is 0 Å². The highest BCUT2D eigenvalue weighted by Crippen LogP contribution is 2.17. The number of amides is 1. The Labute approximate surface area is 158 Å². The zero-order valence-corrected chi connectivity index (χ0v) is 16.1. The summed E-state index contributed by atoms with van der Waals surface area (Å²) in [5.41, 5.74) is 0.288. The van der Waals surface area contributed by atoms with Gasteiger partial charge in [-0.1, -0.05) is 12.1 Å².